The average Bonchev–Trinajstić information content (AvgIpc) is 2.22. The molecule has 0 unspecified atom stereocenters. The zero-order chi connectivity index (χ0) is 14.7. The van der Waals surface area contributed by atoms with Crippen molar-refractivity contribution in [1.29, 1.82) is 0 Å². The van der Waals surface area contributed by atoms with Crippen molar-refractivity contribution < 1.29 is 13.8 Å². The summed E-state index contributed by atoms with van der Waals surface area (Å²) in [5.74, 6) is 0.00225. The highest BCUT2D eigenvalue weighted by atomic mass is 28.4. The van der Waals surface area contributed by atoms with E-state index in [1.807, 2.05) is 19.6 Å². The lowest BCUT2D eigenvalue weighted by molar-refractivity contribution is -0.113. The van der Waals surface area contributed by atoms with Gasteiger partial charge in [-0.05, 0) is 52.1 Å². The molecule has 0 aromatic rings. The minimum Gasteiger partial charge on any atom is -0.455 e. The number of oxime groups is 2. The quantitative estimate of drug-likeness (QED) is 0.592. The average molecular weight is 301 g/mol. The predicted molar refractivity (Wildman–Crippen MR) is 82.6 cm³/mol. The summed E-state index contributed by atoms with van der Waals surface area (Å²) in [6.07, 6.45) is 2.04. The molecule has 0 amide bonds. The Morgan fingerprint density at radius 3 is 1.95 bits per heavy atom. The molecule has 108 valence electrons. The van der Waals surface area contributed by atoms with Crippen LogP contribution in [-0.4, -0.2) is 33.8 Å². The van der Waals surface area contributed by atoms with Gasteiger partial charge in [0.2, 0.25) is 0 Å². The first kappa shape index (κ1) is 16.1. The summed E-state index contributed by atoms with van der Waals surface area (Å²) in [5, 5.41) is 8.20. The van der Waals surface area contributed by atoms with E-state index in [1.165, 1.54) is 0 Å². The van der Waals surface area contributed by atoms with Gasteiger partial charge in [-0.3, -0.25) is 4.79 Å². The SMILES string of the molecule is C[Si](C)(C)ON=C1CCCC(=O)C1=NO[Si](C)(C)C. The molecule has 1 aliphatic rings. The largest absolute Gasteiger partial charge is 0.455 e. The van der Waals surface area contributed by atoms with Crippen LogP contribution in [0.5, 0.6) is 0 Å². The van der Waals surface area contributed by atoms with Crippen molar-refractivity contribution in [3.8, 4) is 0 Å². The third-order valence-corrected chi connectivity index (χ3v) is 3.47. The van der Waals surface area contributed by atoms with Gasteiger partial charge in [-0.2, -0.15) is 0 Å². The zero-order valence-electron chi connectivity index (χ0n) is 12.7. The third kappa shape index (κ3) is 6.15. The highest BCUT2D eigenvalue weighted by Gasteiger charge is 2.27. The van der Waals surface area contributed by atoms with Crippen LogP contribution in [0.1, 0.15) is 19.3 Å². The molecule has 0 aliphatic heterocycles. The maximum atomic E-state index is 11.9. The van der Waals surface area contributed by atoms with Crippen LogP contribution in [0.15, 0.2) is 10.3 Å². The van der Waals surface area contributed by atoms with E-state index < -0.39 is 16.6 Å². The smallest absolute Gasteiger partial charge is 0.278 e. The molecule has 1 fully saturated rings. The molecular weight excluding hydrogens is 276 g/mol. The van der Waals surface area contributed by atoms with Gasteiger partial charge >= 0.3 is 0 Å². The van der Waals surface area contributed by atoms with Gasteiger partial charge in [0.15, 0.2) is 11.5 Å². The minimum absolute atomic E-state index is 0.00225. The lowest BCUT2D eigenvalue weighted by atomic mass is 9.95. The summed E-state index contributed by atoms with van der Waals surface area (Å²) in [5.41, 5.74) is 0.990. The van der Waals surface area contributed by atoms with Crippen LogP contribution in [0.2, 0.25) is 39.3 Å². The lowest BCUT2D eigenvalue weighted by Gasteiger charge is -2.19. The molecule has 0 bridgehead atoms. The summed E-state index contributed by atoms with van der Waals surface area (Å²) in [4.78, 5) is 11.9. The number of hydrogen-bond acceptors (Lipinski definition) is 5. The Morgan fingerprint density at radius 1 is 0.895 bits per heavy atom. The second-order valence-corrected chi connectivity index (χ2v) is 15.5. The summed E-state index contributed by atoms with van der Waals surface area (Å²) < 4.78 is 11.0. The zero-order valence-corrected chi connectivity index (χ0v) is 14.7. The van der Waals surface area contributed by atoms with Crippen LogP contribution in [-0.2, 0) is 13.8 Å². The first-order valence-corrected chi connectivity index (χ1v) is 13.4. The summed E-state index contributed by atoms with van der Waals surface area (Å²) in [6.45, 7) is 12.2. The van der Waals surface area contributed by atoms with Crippen LogP contribution >= 0.6 is 0 Å². The maximum absolute atomic E-state index is 11.9. The fourth-order valence-electron chi connectivity index (χ4n) is 1.38. The molecule has 0 heterocycles. The Morgan fingerprint density at radius 2 is 1.42 bits per heavy atom. The van der Waals surface area contributed by atoms with E-state index in [0.29, 0.717) is 17.8 Å². The van der Waals surface area contributed by atoms with Gasteiger partial charge in [-0.15, -0.1) is 5.16 Å². The molecule has 19 heavy (non-hydrogen) atoms. The van der Waals surface area contributed by atoms with Gasteiger partial charge in [0.05, 0.1) is 0 Å². The maximum Gasteiger partial charge on any atom is 0.278 e. The molecule has 0 aromatic heterocycles. The van der Waals surface area contributed by atoms with E-state index in [2.05, 4.69) is 30.0 Å². The Bertz CT molecular complexity index is 406. The van der Waals surface area contributed by atoms with Gasteiger partial charge in [0.25, 0.3) is 16.6 Å². The van der Waals surface area contributed by atoms with Gasteiger partial charge in [-0.25, -0.2) is 0 Å². The first-order valence-electron chi connectivity index (χ1n) is 6.63. The summed E-state index contributed by atoms with van der Waals surface area (Å²) in [6, 6.07) is 0. The van der Waals surface area contributed by atoms with E-state index >= 15 is 0 Å². The van der Waals surface area contributed by atoms with Gasteiger partial charge in [0.1, 0.15) is 5.71 Å². The van der Waals surface area contributed by atoms with Gasteiger partial charge < -0.3 is 9.05 Å². The highest BCUT2D eigenvalue weighted by Crippen LogP contribution is 2.14. The van der Waals surface area contributed by atoms with E-state index in [0.717, 1.165) is 12.8 Å². The molecule has 1 aliphatic carbocycles. The van der Waals surface area contributed by atoms with Gasteiger partial charge in [-0.1, -0.05) is 5.16 Å². The van der Waals surface area contributed by atoms with Crippen molar-refractivity contribution in [1.82, 2.24) is 0 Å². The molecule has 5 nitrogen and oxygen atoms in total. The Kier molecular flexibility index (Phi) is 5.08. The number of carbonyl (C=O) groups is 1. The molecule has 0 atom stereocenters. The number of Topliss-reactive ketones (excluding diaryl/α,β-unsaturated/α-hetero) is 1. The Hall–Kier alpha value is -0.956. The fraction of sp³-hybridized carbons (Fsp3) is 0.750. The van der Waals surface area contributed by atoms with Crippen LogP contribution < -0.4 is 0 Å². The topological polar surface area (TPSA) is 60.2 Å². The van der Waals surface area contributed by atoms with Crippen molar-refractivity contribution in [3.05, 3.63) is 0 Å². The Labute approximate surface area is 117 Å². The molecule has 7 heteroatoms. The molecule has 1 saturated carbocycles. The second-order valence-electron chi connectivity index (χ2n) is 6.66. The van der Waals surface area contributed by atoms with Crippen LogP contribution in [0.3, 0.4) is 0 Å². The van der Waals surface area contributed by atoms with Crippen molar-refractivity contribution in [2.24, 2.45) is 10.3 Å². The molecule has 0 spiro atoms. The van der Waals surface area contributed by atoms with Crippen molar-refractivity contribution in [2.45, 2.75) is 58.5 Å². The number of carbonyl (C=O) groups excluding carboxylic acids is 1. The van der Waals surface area contributed by atoms with E-state index in [1.54, 1.807) is 0 Å². The molecule has 0 radical (unpaired) electrons. The lowest BCUT2D eigenvalue weighted by Crippen LogP contribution is -2.33. The minimum atomic E-state index is -1.79. The molecule has 1 rings (SSSR count). The number of nitrogens with zero attached hydrogens (tertiary/aromatic N) is 2. The van der Waals surface area contributed by atoms with E-state index in [9.17, 15) is 4.79 Å². The molecular formula is C12H24N2O3Si2. The second kappa shape index (κ2) is 6.00. The van der Waals surface area contributed by atoms with Crippen molar-refractivity contribution >= 4 is 33.8 Å². The Balaban J connectivity index is 2.90. The van der Waals surface area contributed by atoms with E-state index in [-0.39, 0.29) is 5.78 Å². The fourth-order valence-corrected chi connectivity index (χ4v) is 2.13. The van der Waals surface area contributed by atoms with Crippen molar-refractivity contribution in [2.75, 3.05) is 0 Å². The monoisotopic (exact) mass is 300 g/mol. The van der Waals surface area contributed by atoms with Crippen LogP contribution in [0.25, 0.3) is 0 Å². The van der Waals surface area contributed by atoms with Crippen LogP contribution in [0, 0.1) is 0 Å². The molecule has 0 N–H and O–H groups in total. The molecule has 0 aromatic carbocycles. The summed E-state index contributed by atoms with van der Waals surface area (Å²) in [7, 11) is -3.53. The molecule has 0 saturated heterocycles. The van der Waals surface area contributed by atoms with Crippen molar-refractivity contribution in [3.63, 3.8) is 0 Å². The standard InChI is InChI=1S/C12H24N2O3Si2/c1-18(2,3)16-13-10-8-7-9-11(15)12(10)14-17-19(4,5)6/h7-9H2,1-6H3. The number of ketones is 1. The number of hydrogen-bond donors (Lipinski definition) is 0. The third-order valence-electron chi connectivity index (χ3n) is 2.20. The normalized spacial score (nSPS) is 21.9. The summed E-state index contributed by atoms with van der Waals surface area (Å²) >= 11 is 0. The van der Waals surface area contributed by atoms with Gasteiger partial charge in [0, 0.05) is 6.42 Å². The first-order chi connectivity index (χ1) is 8.58. The number of rotatable bonds is 4. The highest BCUT2D eigenvalue weighted by molar-refractivity contribution is 6.72. The predicted octanol–water partition coefficient (Wildman–Crippen LogP) is 3.15. The van der Waals surface area contributed by atoms with E-state index in [4.69, 9.17) is 9.05 Å². The van der Waals surface area contributed by atoms with Crippen LogP contribution in [0.4, 0.5) is 0 Å².